The number of rotatable bonds is 5. The third-order valence-corrected chi connectivity index (χ3v) is 4.92. The molecule has 3 unspecified atom stereocenters. The molecule has 0 aromatic heterocycles. The van der Waals surface area contributed by atoms with E-state index in [2.05, 4.69) is 33.5 Å². The molecule has 0 aliphatic carbocycles. The average Bonchev–Trinajstić information content (AvgIpc) is 3.16. The van der Waals surface area contributed by atoms with E-state index in [-0.39, 0.29) is 0 Å². The number of ether oxygens (including phenoxy) is 2. The van der Waals surface area contributed by atoms with Crippen LogP contribution in [0.1, 0.15) is 31.7 Å². The second-order valence-electron chi connectivity index (χ2n) is 6.01. The zero-order valence-electron chi connectivity index (χ0n) is 13.6. The molecule has 2 saturated heterocycles. The van der Waals surface area contributed by atoms with Gasteiger partial charge in [-0.1, -0.05) is 15.9 Å². The molecule has 2 heterocycles. The lowest BCUT2D eigenvalue weighted by molar-refractivity contribution is 0.0992. The normalized spacial score (nSPS) is 26.4. The van der Waals surface area contributed by atoms with E-state index >= 15 is 0 Å². The molecule has 2 aliphatic rings. The average molecular weight is 382 g/mol. The van der Waals surface area contributed by atoms with Crippen molar-refractivity contribution in [1.82, 2.24) is 10.6 Å². The predicted molar refractivity (Wildman–Crippen MR) is 94.9 cm³/mol. The summed E-state index contributed by atoms with van der Waals surface area (Å²) < 4.78 is 12.4. The lowest BCUT2D eigenvalue weighted by Gasteiger charge is -2.22. The van der Waals surface area contributed by atoms with Gasteiger partial charge in [0, 0.05) is 16.6 Å². The number of aliphatic imine (C=N–C) groups is 1. The number of hydrogen-bond donors (Lipinski definition) is 2. The first-order chi connectivity index (χ1) is 11.2. The number of guanidine groups is 1. The molecule has 0 amide bonds. The van der Waals surface area contributed by atoms with Crippen molar-refractivity contribution in [1.29, 1.82) is 0 Å². The molecule has 0 saturated carbocycles. The minimum absolute atomic E-state index is 0.337. The molecule has 2 aliphatic heterocycles. The van der Waals surface area contributed by atoms with Gasteiger partial charge in [0.2, 0.25) is 0 Å². The summed E-state index contributed by atoms with van der Waals surface area (Å²) in [6, 6.07) is 6.35. The van der Waals surface area contributed by atoms with E-state index in [1.54, 1.807) is 7.11 Å². The van der Waals surface area contributed by atoms with Gasteiger partial charge in [0.25, 0.3) is 0 Å². The largest absolute Gasteiger partial charge is 0.496 e. The Hall–Kier alpha value is -1.27. The zero-order valence-corrected chi connectivity index (χ0v) is 15.2. The maximum Gasteiger partial charge on any atom is 0.191 e. The molecule has 2 fully saturated rings. The number of benzene rings is 1. The first-order valence-corrected chi connectivity index (χ1v) is 9.01. The van der Waals surface area contributed by atoms with Crippen LogP contribution < -0.4 is 15.4 Å². The highest BCUT2D eigenvalue weighted by Crippen LogP contribution is 2.34. The maximum atomic E-state index is 5.91. The van der Waals surface area contributed by atoms with Crippen LogP contribution in [0.4, 0.5) is 0 Å². The van der Waals surface area contributed by atoms with Gasteiger partial charge in [0.1, 0.15) is 5.75 Å². The van der Waals surface area contributed by atoms with E-state index in [0.717, 1.165) is 41.1 Å². The Labute approximate surface area is 146 Å². The van der Waals surface area contributed by atoms with Gasteiger partial charge in [-0.3, -0.25) is 0 Å². The summed E-state index contributed by atoms with van der Waals surface area (Å²) in [5.41, 5.74) is 1.06. The van der Waals surface area contributed by atoms with Crippen LogP contribution in [0.2, 0.25) is 0 Å². The van der Waals surface area contributed by atoms with Crippen LogP contribution in [-0.2, 0) is 11.3 Å². The Morgan fingerprint density at radius 2 is 2.30 bits per heavy atom. The molecule has 0 radical (unpaired) electrons. The second kappa shape index (κ2) is 7.53. The van der Waals surface area contributed by atoms with Crippen molar-refractivity contribution in [2.45, 2.75) is 51.0 Å². The van der Waals surface area contributed by atoms with E-state index in [1.165, 1.54) is 6.42 Å². The predicted octanol–water partition coefficient (Wildman–Crippen LogP) is 2.83. The molecule has 0 spiro atoms. The van der Waals surface area contributed by atoms with Gasteiger partial charge < -0.3 is 20.1 Å². The third-order valence-electron chi connectivity index (χ3n) is 4.42. The molecule has 23 heavy (non-hydrogen) atoms. The van der Waals surface area contributed by atoms with Crippen molar-refractivity contribution >= 4 is 21.9 Å². The molecule has 1 aromatic rings. The first-order valence-electron chi connectivity index (χ1n) is 8.22. The van der Waals surface area contributed by atoms with Crippen LogP contribution in [0.15, 0.2) is 27.7 Å². The minimum Gasteiger partial charge on any atom is -0.496 e. The Bertz CT molecular complexity index is 579. The third kappa shape index (κ3) is 3.98. The van der Waals surface area contributed by atoms with Crippen molar-refractivity contribution in [3.63, 3.8) is 0 Å². The van der Waals surface area contributed by atoms with E-state index in [0.29, 0.717) is 24.8 Å². The number of halogens is 1. The van der Waals surface area contributed by atoms with Gasteiger partial charge in [0.05, 0.1) is 31.9 Å². The summed E-state index contributed by atoms with van der Waals surface area (Å²) in [7, 11) is 1.69. The second-order valence-corrected chi connectivity index (χ2v) is 6.93. The van der Waals surface area contributed by atoms with Gasteiger partial charge >= 0.3 is 0 Å². The summed E-state index contributed by atoms with van der Waals surface area (Å²) in [6.07, 6.45) is 4.21. The highest BCUT2D eigenvalue weighted by Gasteiger charge is 2.41. The van der Waals surface area contributed by atoms with Crippen molar-refractivity contribution in [2.24, 2.45) is 4.99 Å². The quantitative estimate of drug-likeness (QED) is 0.608. The van der Waals surface area contributed by atoms with Crippen LogP contribution in [0, 0.1) is 0 Å². The zero-order chi connectivity index (χ0) is 16.2. The Morgan fingerprint density at radius 3 is 2.96 bits per heavy atom. The topological polar surface area (TPSA) is 54.9 Å². The van der Waals surface area contributed by atoms with E-state index in [4.69, 9.17) is 14.5 Å². The van der Waals surface area contributed by atoms with Crippen molar-refractivity contribution in [2.75, 3.05) is 13.7 Å². The highest BCUT2D eigenvalue weighted by molar-refractivity contribution is 9.10. The standard InChI is InChI=1S/C17H24BrN3O2/c1-3-19-17(21-14-9-13-5-7-16(14)23-13)20-10-11-8-12(18)4-6-15(11)22-2/h4,6,8,13-14,16H,3,5,7,9-10H2,1-2H3,(H2,19,20,21). The molecule has 5 nitrogen and oxygen atoms in total. The van der Waals surface area contributed by atoms with Crippen molar-refractivity contribution in [3.8, 4) is 5.75 Å². The Kier molecular flexibility index (Phi) is 5.43. The summed E-state index contributed by atoms with van der Waals surface area (Å²) in [6.45, 7) is 3.48. The summed E-state index contributed by atoms with van der Waals surface area (Å²) in [5, 5.41) is 6.85. The number of methoxy groups -OCH3 is 1. The van der Waals surface area contributed by atoms with Crippen LogP contribution in [0.25, 0.3) is 0 Å². The van der Waals surface area contributed by atoms with E-state index in [9.17, 15) is 0 Å². The molecular weight excluding hydrogens is 358 g/mol. The number of hydrogen-bond acceptors (Lipinski definition) is 3. The molecule has 1 aromatic carbocycles. The van der Waals surface area contributed by atoms with Gasteiger partial charge in [0.15, 0.2) is 5.96 Å². The highest BCUT2D eigenvalue weighted by atomic mass is 79.9. The number of nitrogens with zero attached hydrogens (tertiary/aromatic N) is 1. The maximum absolute atomic E-state index is 5.91. The smallest absolute Gasteiger partial charge is 0.191 e. The SMILES string of the molecule is CCNC(=NCc1cc(Br)ccc1OC)NC1CC2CCC1O2. The van der Waals surface area contributed by atoms with Crippen LogP contribution in [0.3, 0.4) is 0 Å². The summed E-state index contributed by atoms with van der Waals surface area (Å²) in [5.74, 6) is 1.70. The summed E-state index contributed by atoms with van der Waals surface area (Å²) >= 11 is 3.50. The molecule has 2 bridgehead atoms. The fourth-order valence-electron chi connectivity index (χ4n) is 3.32. The van der Waals surface area contributed by atoms with Crippen molar-refractivity contribution < 1.29 is 9.47 Å². The number of fused-ring (bicyclic) bond motifs is 2. The summed E-state index contributed by atoms with van der Waals surface area (Å²) in [4.78, 5) is 4.72. The molecule has 3 atom stereocenters. The van der Waals surface area contributed by atoms with Crippen LogP contribution in [-0.4, -0.2) is 37.9 Å². The number of nitrogens with one attached hydrogen (secondary N) is 2. The molecule has 3 rings (SSSR count). The molecule has 126 valence electrons. The van der Waals surface area contributed by atoms with Gasteiger partial charge in [-0.15, -0.1) is 0 Å². The molecule has 2 N–H and O–H groups in total. The van der Waals surface area contributed by atoms with Crippen LogP contribution >= 0.6 is 15.9 Å². The first kappa shape index (κ1) is 16.6. The van der Waals surface area contributed by atoms with Gasteiger partial charge in [-0.05, 0) is 44.4 Å². The Balaban J connectivity index is 1.68. The lowest BCUT2D eigenvalue weighted by Crippen LogP contribution is -2.47. The molecule has 6 heteroatoms. The fraction of sp³-hybridized carbons (Fsp3) is 0.588. The monoisotopic (exact) mass is 381 g/mol. The van der Waals surface area contributed by atoms with E-state index in [1.807, 2.05) is 18.2 Å². The van der Waals surface area contributed by atoms with Crippen LogP contribution in [0.5, 0.6) is 5.75 Å². The molecular formula is C17H24BrN3O2. The fourth-order valence-corrected chi connectivity index (χ4v) is 3.73. The lowest BCUT2D eigenvalue weighted by atomic mass is 9.96. The van der Waals surface area contributed by atoms with Crippen molar-refractivity contribution in [3.05, 3.63) is 28.2 Å². The van der Waals surface area contributed by atoms with Gasteiger partial charge in [-0.2, -0.15) is 0 Å². The minimum atomic E-state index is 0.337. The Morgan fingerprint density at radius 1 is 1.43 bits per heavy atom. The van der Waals surface area contributed by atoms with E-state index < -0.39 is 0 Å². The van der Waals surface area contributed by atoms with Gasteiger partial charge in [-0.25, -0.2) is 4.99 Å².